The molecule has 2 N–H and O–H groups in total. The Bertz CT molecular complexity index is 638. The van der Waals surface area contributed by atoms with Crippen LogP contribution in [0, 0.1) is 0 Å². The van der Waals surface area contributed by atoms with Crippen LogP contribution in [-0.2, 0) is 4.79 Å². The zero-order valence-electron chi connectivity index (χ0n) is 11.6. The molecule has 1 aliphatic rings. The summed E-state index contributed by atoms with van der Waals surface area (Å²) in [7, 11) is 0. The van der Waals surface area contributed by atoms with Gasteiger partial charge in [0.2, 0.25) is 5.91 Å². The molecule has 0 aromatic heterocycles. The highest BCUT2D eigenvalue weighted by atomic mass is 79.9. The highest BCUT2D eigenvalue weighted by molar-refractivity contribution is 9.10. The minimum absolute atomic E-state index is 0.0550. The number of carbonyl (C=O) groups is 1. The van der Waals surface area contributed by atoms with Crippen molar-refractivity contribution in [2.45, 2.75) is 18.9 Å². The second kappa shape index (κ2) is 6.31. The van der Waals surface area contributed by atoms with Crippen LogP contribution in [0.5, 0.6) is 0 Å². The van der Waals surface area contributed by atoms with Gasteiger partial charge >= 0.3 is 0 Å². The van der Waals surface area contributed by atoms with Crippen molar-refractivity contribution >= 4 is 27.5 Å². The van der Waals surface area contributed by atoms with Gasteiger partial charge in [-0.25, -0.2) is 0 Å². The number of rotatable bonds is 5. The molecule has 0 saturated heterocycles. The normalized spacial score (nSPS) is 13.8. The van der Waals surface area contributed by atoms with Gasteiger partial charge in [0, 0.05) is 21.8 Å². The van der Waals surface area contributed by atoms with Gasteiger partial charge in [-0.1, -0.05) is 46.3 Å². The van der Waals surface area contributed by atoms with E-state index >= 15 is 0 Å². The molecule has 0 radical (unpaired) electrons. The van der Waals surface area contributed by atoms with Gasteiger partial charge in [0.05, 0.1) is 6.54 Å². The maximum absolute atomic E-state index is 11.8. The highest BCUT2D eigenvalue weighted by Gasteiger charge is 2.22. The Balaban J connectivity index is 1.76. The van der Waals surface area contributed by atoms with Gasteiger partial charge in [-0.2, -0.15) is 0 Å². The molecule has 0 atom stereocenters. The predicted molar refractivity (Wildman–Crippen MR) is 89.2 cm³/mol. The van der Waals surface area contributed by atoms with E-state index in [2.05, 4.69) is 44.8 Å². The summed E-state index contributed by atoms with van der Waals surface area (Å²) >= 11 is 3.51. The summed E-state index contributed by atoms with van der Waals surface area (Å²) in [4.78, 5) is 11.8. The maximum atomic E-state index is 11.8. The second-order valence-corrected chi connectivity index (χ2v) is 6.17. The third-order valence-corrected chi connectivity index (χ3v) is 3.94. The van der Waals surface area contributed by atoms with Crippen molar-refractivity contribution in [1.82, 2.24) is 5.32 Å². The van der Waals surface area contributed by atoms with Crippen LogP contribution in [0.2, 0.25) is 0 Å². The lowest BCUT2D eigenvalue weighted by atomic mass is 10.0. The van der Waals surface area contributed by atoms with Crippen LogP contribution in [0.15, 0.2) is 53.0 Å². The molecular formula is C17H17BrN2O. The smallest absolute Gasteiger partial charge is 0.239 e. The van der Waals surface area contributed by atoms with Gasteiger partial charge in [-0.3, -0.25) is 4.79 Å². The van der Waals surface area contributed by atoms with Crippen LogP contribution in [0.4, 0.5) is 5.69 Å². The number of carbonyl (C=O) groups excluding carboxylic acids is 1. The SMILES string of the molecule is O=C(CNc1ccc(Br)cc1-c1ccccc1)NC1CC1. The molecule has 3 rings (SSSR count). The molecule has 1 fully saturated rings. The highest BCUT2D eigenvalue weighted by Crippen LogP contribution is 2.30. The number of nitrogens with one attached hydrogen (secondary N) is 2. The Morgan fingerprint density at radius 3 is 2.62 bits per heavy atom. The van der Waals surface area contributed by atoms with E-state index in [1.807, 2.05) is 30.3 Å². The monoisotopic (exact) mass is 344 g/mol. The van der Waals surface area contributed by atoms with Gasteiger partial charge in [0.25, 0.3) is 0 Å². The lowest BCUT2D eigenvalue weighted by Gasteiger charge is -2.13. The average Bonchev–Trinajstić information content (AvgIpc) is 3.31. The molecule has 1 amide bonds. The number of anilines is 1. The summed E-state index contributed by atoms with van der Waals surface area (Å²) in [5.41, 5.74) is 3.18. The average molecular weight is 345 g/mol. The summed E-state index contributed by atoms with van der Waals surface area (Å²) in [5, 5.41) is 6.22. The van der Waals surface area contributed by atoms with Crippen LogP contribution in [0.3, 0.4) is 0 Å². The third kappa shape index (κ3) is 3.85. The largest absolute Gasteiger partial charge is 0.376 e. The number of halogens is 1. The van der Waals surface area contributed by atoms with E-state index in [9.17, 15) is 4.79 Å². The first kappa shape index (κ1) is 14.1. The first-order valence-corrected chi connectivity index (χ1v) is 7.90. The first-order valence-electron chi connectivity index (χ1n) is 7.10. The Morgan fingerprint density at radius 1 is 1.14 bits per heavy atom. The summed E-state index contributed by atoms with van der Waals surface area (Å²) in [6, 6.07) is 16.6. The fourth-order valence-electron chi connectivity index (χ4n) is 2.21. The van der Waals surface area contributed by atoms with Crippen LogP contribution in [-0.4, -0.2) is 18.5 Å². The molecule has 3 nitrogen and oxygen atoms in total. The molecule has 0 heterocycles. The van der Waals surface area contributed by atoms with Crippen molar-refractivity contribution in [1.29, 1.82) is 0 Å². The summed E-state index contributed by atoms with van der Waals surface area (Å²) < 4.78 is 1.02. The van der Waals surface area contributed by atoms with Crippen LogP contribution in [0.1, 0.15) is 12.8 Å². The summed E-state index contributed by atoms with van der Waals surface area (Å²) in [6.45, 7) is 0.304. The molecule has 1 aliphatic carbocycles. The molecule has 0 spiro atoms. The Labute approximate surface area is 132 Å². The second-order valence-electron chi connectivity index (χ2n) is 5.25. The number of amides is 1. The molecule has 21 heavy (non-hydrogen) atoms. The lowest BCUT2D eigenvalue weighted by Crippen LogP contribution is -2.31. The van der Waals surface area contributed by atoms with Crippen molar-refractivity contribution in [2.24, 2.45) is 0 Å². The number of benzene rings is 2. The zero-order valence-corrected chi connectivity index (χ0v) is 13.2. The summed E-state index contributed by atoms with van der Waals surface area (Å²) in [5.74, 6) is 0.0550. The quantitative estimate of drug-likeness (QED) is 0.865. The number of hydrogen-bond acceptors (Lipinski definition) is 2. The molecule has 1 saturated carbocycles. The zero-order chi connectivity index (χ0) is 14.7. The lowest BCUT2D eigenvalue weighted by molar-refractivity contribution is -0.119. The number of hydrogen-bond donors (Lipinski definition) is 2. The van der Waals surface area contributed by atoms with Crippen LogP contribution < -0.4 is 10.6 Å². The summed E-state index contributed by atoms with van der Waals surface area (Å²) in [6.07, 6.45) is 2.22. The van der Waals surface area contributed by atoms with E-state index < -0.39 is 0 Å². The third-order valence-electron chi connectivity index (χ3n) is 3.45. The fraction of sp³-hybridized carbons (Fsp3) is 0.235. The van der Waals surface area contributed by atoms with Crippen molar-refractivity contribution < 1.29 is 4.79 Å². The molecule has 4 heteroatoms. The van der Waals surface area contributed by atoms with Crippen LogP contribution in [0.25, 0.3) is 11.1 Å². The standard InChI is InChI=1S/C17H17BrN2O/c18-13-6-9-16(19-11-17(21)20-14-7-8-14)15(10-13)12-4-2-1-3-5-12/h1-6,9-10,14,19H,7-8,11H2,(H,20,21). The van der Waals surface area contributed by atoms with E-state index in [-0.39, 0.29) is 5.91 Å². The van der Waals surface area contributed by atoms with Crippen LogP contribution >= 0.6 is 15.9 Å². The topological polar surface area (TPSA) is 41.1 Å². The Hall–Kier alpha value is -1.81. The van der Waals surface area contributed by atoms with Gasteiger partial charge in [0.1, 0.15) is 0 Å². The van der Waals surface area contributed by atoms with Gasteiger partial charge in [-0.05, 0) is 36.6 Å². The molecule has 0 unspecified atom stereocenters. The fourth-order valence-corrected chi connectivity index (χ4v) is 2.57. The van der Waals surface area contributed by atoms with Gasteiger partial charge in [0.15, 0.2) is 0 Å². The van der Waals surface area contributed by atoms with Crippen molar-refractivity contribution in [3.63, 3.8) is 0 Å². The minimum atomic E-state index is 0.0550. The van der Waals surface area contributed by atoms with E-state index in [1.54, 1.807) is 0 Å². The Kier molecular flexibility index (Phi) is 4.25. The molecule has 0 bridgehead atoms. The molecular weight excluding hydrogens is 328 g/mol. The predicted octanol–water partition coefficient (Wildman–Crippen LogP) is 3.81. The maximum Gasteiger partial charge on any atom is 0.239 e. The van der Waals surface area contributed by atoms with E-state index in [0.717, 1.165) is 34.1 Å². The van der Waals surface area contributed by atoms with Gasteiger partial charge < -0.3 is 10.6 Å². The molecule has 2 aromatic carbocycles. The van der Waals surface area contributed by atoms with E-state index in [4.69, 9.17) is 0 Å². The van der Waals surface area contributed by atoms with Crippen molar-refractivity contribution in [3.8, 4) is 11.1 Å². The molecule has 0 aliphatic heterocycles. The Morgan fingerprint density at radius 2 is 1.90 bits per heavy atom. The van der Waals surface area contributed by atoms with Gasteiger partial charge in [-0.15, -0.1) is 0 Å². The van der Waals surface area contributed by atoms with Crippen molar-refractivity contribution in [3.05, 3.63) is 53.0 Å². The van der Waals surface area contributed by atoms with E-state index in [1.165, 1.54) is 0 Å². The van der Waals surface area contributed by atoms with Crippen molar-refractivity contribution in [2.75, 3.05) is 11.9 Å². The van der Waals surface area contributed by atoms with E-state index in [0.29, 0.717) is 12.6 Å². The minimum Gasteiger partial charge on any atom is -0.376 e. The first-order chi connectivity index (χ1) is 10.2. The molecule has 108 valence electrons. The molecule has 2 aromatic rings.